The zero-order valence-electron chi connectivity index (χ0n) is 12.1. The van der Waals surface area contributed by atoms with Gasteiger partial charge in [0.15, 0.2) is 5.16 Å². The third kappa shape index (κ3) is 3.66. The first-order chi connectivity index (χ1) is 9.92. The van der Waals surface area contributed by atoms with Crippen LogP contribution in [-0.4, -0.2) is 14.8 Å². The van der Waals surface area contributed by atoms with E-state index in [2.05, 4.69) is 40.8 Å². The molecule has 2 rings (SSSR count). The third-order valence-corrected chi connectivity index (χ3v) is 4.37. The minimum atomic E-state index is -0.247. The lowest BCUT2D eigenvalue weighted by Gasteiger charge is -2.15. The Morgan fingerprint density at radius 1 is 1.43 bits per heavy atom. The van der Waals surface area contributed by atoms with Crippen molar-refractivity contribution in [2.45, 2.75) is 37.7 Å². The number of aromatic nitrogens is 2. The highest BCUT2D eigenvalue weighted by atomic mass is 79.9. The zero-order valence-corrected chi connectivity index (χ0v) is 14.5. The molecule has 0 amide bonds. The molecule has 21 heavy (non-hydrogen) atoms. The van der Waals surface area contributed by atoms with Gasteiger partial charge in [0.1, 0.15) is 0 Å². The Kier molecular flexibility index (Phi) is 5.07. The lowest BCUT2D eigenvalue weighted by Crippen LogP contribution is -2.26. The molecule has 6 heteroatoms. The number of nitriles is 1. The van der Waals surface area contributed by atoms with Gasteiger partial charge in [-0.3, -0.25) is 9.36 Å². The Labute approximate surface area is 136 Å². The van der Waals surface area contributed by atoms with Crippen molar-refractivity contribution >= 4 is 38.6 Å². The van der Waals surface area contributed by atoms with Gasteiger partial charge in [-0.05, 0) is 31.0 Å². The molecule has 1 aromatic carbocycles. The van der Waals surface area contributed by atoms with Gasteiger partial charge >= 0.3 is 0 Å². The largest absolute Gasteiger partial charge is 0.287 e. The van der Waals surface area contributed by atoms with E-state index >= 15 is 0 Å². The van der Waals surface area contributed by atoms with E-state index in [0.717, 1.165) is 4.47 Å². The van der Waals surface area contributed by atoms with Gasteiger partial charge in [0.2, 0.25) is 0 Å². The number of benzene rings is 1. The van der Waals surface area contributed by atoms with E-state index in [4.69, 9.17) is 5.26 Å². The molecule has 1 heterocycles. The maximum Gasteiger partial charge on any atom is 0.262 e. The van der Waals surface area contributed by atoms with Crippen LogP contribution in [0.4, 0.5) is 0 Å². The second kappa shape index (κ2) is 6.63. The first-order valence-corrected chi connectivity index (χ1v) is 8.36. The number of hydrogen-bond acceptors (Lipinski definition) is 4. The van der Waals surface area contributed by atoms with Crippen molar-refractivity contribution in [3.05, 3.63) is 33.0 Å². The van der Waals surface area contributed by atoms with E-state index in [-0.39, 0.29) is 10.8 Å². The highest BCUT2D eigenvalue weighted by molar-refractivity contribution is 9.10. The molecule has 0 aliphatic carbocycles. The fourth-order valence-electron chi connectivity index (χ4n) is 1.97. The molecule has 0 radical (unpaired) electrons. The highest BCUT2D eigenvalue weighted by Gasteiger charge is 2.15. The highest BCUT2D eigenvalue weighted by Crippen LogP contribution is 2.24. The quantitative estimate of drug-likeness (QED) is 0.610. The molecular weight excluding hydrogens is 350 g/mol. The van der Waals surface area contributed by atoms with E-state index in [9.17, 15) is 4.79 Å². The standard InChI is InChI=1S/C15H16BrN3OS/c1-9(2)8-19-14(20)12-6-11(16)4-5-13(12)18-15(19)21-10(3)7-17/h4-6,9-10H,8H2,1-3H3. The van der Waals surface area contributed by atoms with Gasteiger partial charge in [-0.1, -0.05) is 41.5 Å². The smallest absolute Gasteiger partial charge is 0.262 e. The molecular formula is C15H16BrN3OS. The maximum absolute atomic E-state index is 12.7. The Hall–Kier alpha value is -1.32. The number of fused-ring (bicyclic) bond motifs is 1. The van der Waals surface area contributed by atoms with E-state index in [0.29, 0.717) is 28.5 Å². The Morgan fingerprint density at radius 2 is 2.14 bits per heavy atom. The summed E-state index contributed by atoms with van der Waals surface area (Å²) in [5.41, 5.74) is 0.610. The number of nitrogens with zero attached hydrogens (tertiary/aromatic N) is 3. The predicted octanol–water partition coefficient (Wildman–Crippen LogP) is 3.82. The molecule has 0 spiro atoms. The summed E-state index contributed by atoms with van der Waals surface area (Å²) in [5.74, 6) is 0.325. The number of rotatable bonds is 4. The molecule has 1 atom stereocenters. The van der Waals surface area contributed by atoms with Crippen molar-refractivity contribution in [1.29, 1.82) is 5.26 Å². The number of hydrogen-bond donors (Lipinski definition) is 0. The first kappa shape index (κ1) is 16.1. The Balaban J connectivity index is 2.67. The SMILES string of the molecule is CC(C)Cn1c(SC(C)C#N)nc2ccc(Br)cc2c1=O. The fourth-order valence-corrected chi connectivity index (χ4v) is 3.14. The van der Waals surface area contributed by atoms with Gasteiger partial charge in [-0.2, -0.15) is 5.26 Å². The summed E-state index contributed by atoms with van der Waals surface area (Å²) in [7, 11) is 0. The van der Waals surface area contributed by atoms with Crippen molar-refractivity contribution in [2.24, 2.45) is 5.92 Å². The lowest BCUT2D eigenvalue weighted by molar-refractivity contribution is 0.475. The van der Waals surface area contributed by atoms with E-state index in [1.807, 2.05) is 19.1 Å². The van der Waals surface area contributed by atoms with Crippen molar-refractivity contribution in [2.75, 3.05) is 0 Å². The number of thioether (sulfide) groups is 1. The summed E-state index contributed by atoms with van der Waals surface area (Å²) in [5, 5.41) is 9.95. The van der Waals surface area contributed by atoms with Gasteiger partial charge in [0.25, 0.3) is 5.56 Å². The van der Waals surface area contributed by atoms with Gasteiger partial charge in [-0.15, -0.1) is 0 Å². The summed E-state index contributed by atoms with van der Waals surface area (Å²) >= 11 is 4.71. The minimum Gasteiger partial charge on any atom is -0.287 e. The van der Waals surface area contributed by atoms with Gasteiger partial charge in [0.05, 0.1) is 22.2 Å². The normalized spacial score (nSPS) is 12.6. The Morgan fingerprint density at radius 3 is 2.76 bits per heavy atom. The summed E-state index contributed by atoms with van der Waals surface area (Å²) < 4.78 is 2.54. The van der Waals surface area contributed by atoms with Gasteiger partial charge < -0.3 is 0 Å². The third-order valence-electron chi connectivity index (χ3n) is 2.89. The summed E-state index contributed by atoms with van der Waals surface area (Å²) in [6.07, 6.45) is 0. The van der Waals surface area contributed by atoms with Crippen molar-refractivity contribution in [3.8, 4) is 6.07 Å². The van der Waals surface area contributed by atoms with Crippen LogP contribution in [-0.2, 0) is 6.54 Å². The maximum atomic E-state index is 12.7. The molecule has 2 aromatic rings. The van der Waals surface area contributed by atoms with Crippen LogP contribution in [0.1, 0.15) is 20.8 Å². The molecule has 1 aromatic heterocycles. The van der Waals surface area contributed by atoms with Crippen molar-refractivity contribution < 1.29 is 0 Å². The van der Waals surface area contributed by atoms with Crippen LogP contribution >= 0.6 is 27.7 Å². The van der Waals surface area contributed by atoms with Crippen LogP contribution in [0.3, 0.4) is 0 Å². The zero-order chi connectivity index (χ0) is 15.6. The minimum absolute atomic E-state index is 0.0531. The lowest BCUT2D eigenvalue weighted by atomic mass is 10.2. The molecule has 0 aliphatic rings. The van der Waals surface area contributed by atoms with Crippen molar-refractivity contribution in [3.63, 3.8) is 0 Å². The second-order valence-electron chi connectivity index (χ2n) is 5.25. The molecule has 0 saturated heterocycles. The average molecular weight is 366 g/mol. The average Bonchev–Trinajstić information content (AvgIpc) is 2.43. The van der Waals surface area contributed by atoms with Gasteiger partial charge in [0, 0.05) is 11.0 Å². The molecule has 0 N–H and O–H groups in total. The first-order valence-electron chi connectivity index (χ1n) is 6.68. The summed E-state index contributed by atoms with van der Waals surface area (Å²) in [4.78, 5) is 17.3. The van der Waals surface area contributed by atoms with E-state index in [1.165, 1.54) is 11.8 Å². The topological polar surface area (TPSA) is 58.7 Å². The molecule has 0 bridgehead atoms. The molecule has 0 fully saturated rings. The predicted molar refractivity (Wildman–Crippen MR) is 89.5 cm³/mol. The summed E-state index contributed by atoms with van der Waals surface area (Å²) in [6.45, 7) is 6.51. The van der Waals surface area contributed by atoms with Crippen LogP contribution in [0.5, 0.6) is 0 Å². The monoisotopic (exact) mass is 365 g/mol. The van der Waals surface area contributed by atoms with Crippen LogP contribution in [0.15, 0.2) is 32.6 Å². The van der Waals surface area contributed by atoms with Gasteiger partial charge in [-0.25, -0.2) is 4.98 Å². The van der Waals surface area contributed by atoms with Crippen LogP contribution in [0, 0.1) is 17.2 Å². The van der Waals surface area contributed by atoms with E-state index < -0.39 is 0 Å². The van der Waals surface area contributed by atoms with Crippen LogP contribution in [0.25, 0.3) is 10.9 Å². The molecule has 1 unspecified atom stereocenters. The molecule has 0 saturated carbocycles. The van der Waals surface area contributed by atoms with Crippen molar-refractivity contribution in [1.82, 2.24) is 9.55 Å². The van der Waals surface area contributed by atoms with E-state index in [1.54, 1.807) is 10.6 Å². The Bertz CT molecular complexity index is 764. The van der Waals surface area contributed by atoms with Crippen LogP contribution < -0.4 is 5.56 Å². The fraction of sp³-hybridized carbons (Fsp3) is 0.400. The summed E-state index contributed by atoms with van der Waals surface area (Å²) in [6, 6.07) is 7.65. The molecule has 4 nitrogen and oxygen atoms in total. The molecule has 110 valence electrons. The molecule has 0 aliphatic heterocycles. The second-order valence-corrected chi connectivity index (χ2v) is 7.48. The van der Waals surface area contributed by atoms with Crippen LogP contribution in [0.2, 0.25) is 0 Å². The number of halogens is 1.